The molecule has 0 unspecified atom stereocenters. The van der Waals surface area contributed by atoms with Gasteiger partial charge in [0, 0.05) is 27.2 Å². The molecule has 0 bridgehead atoms. The number of anilines is 3. The minimum Gasteiger partial charge on any atom is -0.353 e. The summed E-state index contributed by atoms with van der Waals surface area (Å²) in [7, 11) is 5.79. The van der Waals surface area contributed by atoms with E-state index >= 15 is 0 Å². The van der Waals surface area contributed by atoms with Crippen molar-refractivity contribution < 1.29 is 0 Å². The largest absolute Gasteiger partial charge is 0.353 e. The Morgan fingerprint density at radius 3 is 2.33 bits per heavy atom. The fourth-order valence-electron chi connectivity index (χ4n) is 1.23. The van der Waals surface area contributed by atoms with Crippen molar-refractivity contribution in [1.82, 2.24) is 19.9 Å². The highest BCUT2D eigenvalue weighted by Gasteiger charge is 2.07. The van der Waals surface area contributed by atoms with Gasteiger partial charge in [0.15, 0.2) is 0 Å². The van der Waals surface area contributed by atoms with Gasteiger partial charge in [-0.2, -0.15) is 15.0 Å². The van der Waals surface area contributed by atoms with Crippen LogP contribution in [-0.2, 0) is 0 Å². The molecule has 0 aliphatic carbocycles. The van der Waals surface area contributed by atoms with Crippen LogP contribution in [0.2, 0.25) is 0 Å². The molecule has 0 aromatic carbocycles. The summed E-state index contributed by atoms with van der Waals surface area (Å²) in [5.74, 6) is 6.76. The smallest absolute Gasteiger partial charge is 0.243 e. The molecule has 0 aliphatic rings. The lowest BCUT2D eigenvalue weighted by atomic mass is 10.5. The first kappa shape index (κ1) is 14.4. The molecule has 1 aromatic rings. The number of nitrogens with one attached hydrogen (secondary N) is 2. The number of nitrogens with zero attached hydrogens (tertiary/aromatic N) is 5. The fraction of sp³-hybridized carbons (Fsp3) is 0.700. The van der Waals surface area contributed by atoms with Gasteiger partial charge < -0.3 is 15.1 Å². The van der Waals surface area contributed by atoms with Gasteiger partial charge in [-0.25, -0.2) is 5.84 Å². The molecule has 0 aliphatic heterocycles. The fourth-order valence-corrected chi connectivity index (χ4v) is 1.23. The summed E-state index contributed by atoms with van der Waals surface area (Å²) in [5.41, 5.74) is 2.43. The van der Waals surface area contributed by atoms with Crippen molar-refractivity contribution in [3.05, 3.63) is 0 Å². The maximum absolute atomic E-state index is 5.33. The van der Waals surface area contributed by atoms with Gasteiger partial charge in [-0.3, -0.25) is 5.43 Å². The molecule has 1 rings (SSSR count). The molecule has 0 radical (unpaired) electrons. The second-order valence-corrected chi connectivity index (χ2v) is 4.14. The number of hydrogen-bond acceptors (Lipinski definition) is 8. The third kappa shape index (κ3) is 4.30. The molecule has 0 spiro atoms. The van der Waals surface area contributed by atoms with E-state index in [-0.39, 0.29) is 0 Å². The van der Waals surface area contributed by atoms with E-state index in [0.717, 1.165) is 19.6 Å². The third-order valence-electron chi connectivity index (χ3n) is 2.47. The number of rotatable bonds is 7. The van der Waals surface area contributed by atoms with Crippen molar-refractivity contribution >= 4 is 17.8 Å². The lowest BCUT2D eigenvalue weighted by molar-refractivity contribution is 0.367. The Hall–Kier alpha value is -1.67. The van der Waals surface area contributed by atoms with E-state index in [4.69, 9.17) is 5.84 Å². The van der Waals surface area contributed by atoms with E-state index in [1.165, 1.54) is 0 Å². The molecule has 0 amide bonds. The number of hydrazine groups is 1. The van der Waals surface area contributed by atoms with Crippen molar-refractivity contribution in [2.75, 3.05) is 56.4 Å². The highest BCUT2D eigenvalue weighted by Crippen LogP contribution is 2.10. The summed E-state index contributed by atoms with van der Waals surface area (Å²) in [5, 5.41) is 3.15. The number of nitrogen functional groups attached to an aromatic ring is 1. The van der Waals surface area contributed by atoms with Gasteiger partial charge in [0.2, 0.25) is 17.8 Å². The van der Waals surface area contributed by atoms with Crippen LogP contribution < -0.4 is 21.5 Å². The van der Waals surface area contributed by atoms with Crippen LogP contribution in [0.3, 0.4) is 0 Å². The van der Waals surface area contributed by atoms with Gasteiger partial charge in [0.25, 0.3) is 0 Å². The third-order valence-corrected chi connectivity index (χ3v) is 2.47. The Morgan fingerprint density at radius 2 is 1.78 bits per heavy atom. The van der Waals surface area contributed by atoms with Gasteiger partial charge in [0.05, 0.1) is 0 Å². The number of likely N-dealkylation sites (N-methyl/N-ethyl adjacent to an activating group) is 1. The number of nitrogens with two attached hydrogens (primary N) is 1. The van der Waals surface area contributed by atoms with E-state index in [9.17, 15) is 0 Å². The maximum Gasteiger partial charge on any atom is 0.243 e. The Balaban J connectivity index is 2.66. The van der Waals surface area contributed by atoms with Crippen LogP contribution in [0.5, 0.6) is 0 Å². The first-order valence-corrected chi connectivity index (χ1v) is 5.89. The molecule has 0 atom stereocenters. The van der Waals surface area contributed by atoms with Gasteiger partial charge in [0.1, 0.15) is 0 Å². The van der Waals surface area contributed by atoms with Crippen LogP contribution in [0.15, 0.2) is 0 Å². The van der Waals surface area contributed by atoms with Crippen LogP contribution >= 0.6 is 0 Å². The molecule has 4 N–H and O–H groups in total. The highest BCUT2D eigenvalue weighted by atomic mass is 15.4. The molecular formula is C10H22N8. The molecule has 1 heterocycles. The number of hydrogen-bond donors (Lipinski definition) is 3. The summed E-state index contributed by atoms with van der Waals surface area (Å²) < 4.78 is 0. The zero-order chi connectivity index (χ0) is 13.5. The van der Waals surface area contributed by atoms with Gasteiger partial charge in [-0.05, 0) is 13.6 Å². The molecule has 8 heteroatoms. The highest BCUT2D eigenvalue weighted by molar-refractivity contribution is 5.42. The number of aromatic nitrogens is 3. The lowest BCUT2D eigenvalue weighted by Gasteiger charge is -2.15. The standard InChI is InChI=1S/C10H22N8/c1-5-18(4)7-6-12-8-13-9(16-11)15-10(14-8)17(2)3/h5-7,11H2,1-4H3,(H2,12,13,14,15,16). The van der Waals surface area contributed by atoms with E-state index in [2.05, 4.69) is 44.6 Å². The average molecular weight is 254 g/mol. The average Bonchev–Trinajstić information content (AvgIpc) is 2.37. The Labute approximate surface area is 108 Å². The molecule has 0 saturated heterocycles. The summed E-state index contributed by atoms with van der Waals surface area (Å²) in [6.45, 7) is 4.82. The minimum atomic E-state index is 0.347. The Morgan fingerprint density at radius 1 is 1.11 bits per heavy atom. The predicted octanol–water partition coefficient (Wildman–Crippen LogP) is -0.413. The lowest BCUT2D eigenvalue weighted by Crippen LogP contribution is -2.26. The summed E-state index contributed by atoms with van der Waals surface area (Å²) in [4.78, 5) is 16.5. The predicted molar refractivity (Wildman–Crippen MR) is 73.6 cm³/mol. The van der Waals surface area contributed by atoms with Crippen LogP contribution in [-0.4, -0.2) is 60.6 Å². The Bertz CT molecular complexity index is 367. The van der Waals surface area contributed by atoms with Crippen LogP contribution in [0.4, 0.5) is 17.8 Å². The van der Waals surface area contributed by atoms with Crippen molar-refractivity contribution in [3.8, 4) is 0 Å². The monoisotopic (exact) mass is 254 g/mol. The first-order chi connectivity index (χ1) is 8.56. The van der Waals surface area contributed by atoms with Gasteiger partial charge >= 0.3 is 0 Å². The molecule has 102 valence electrons. The second-order valence-electron chi connectivity index (χ2n) is 4.14. The van der Waals surface area contributed by atoms with E-state index in [0.29, 0.717) is 17.8 Å². The minimum absolute atomic E-state index is 0.347. The molecule has 1 aromatic heterocycles. The van der Waals surface area contributed by atoms with Crippen molar-refractivity contribution in [2.45, 2.75) is 6.92 Å². The van der Waals surface area contributed by atoms with Gasteiger partial charge in [-0.1, -0.05) is 6.92 Å². The van der Waals surface area contributed by atoms with E-state index in [1.54, 1.807) is 4.90 Å². The second kappa shape index (κ2) is 6.92. The molecule has 18 heavy (non-hydrogen) atoms. The molecular weight excluding hydrogens is 232 g/mol. The van der Waals surface area contributed by atoms with Crippen molar-refractivity contribution in [1.29, 1.82) is 0 Å². The SMILES string of the molecule is CCN(C)CCNc1nc(NN)nc(N(C)C)n1. The van der Waals surface area contributed by atoms with Crippen LogP contribution in [0.1, 0.15) is 6.92 Å². The van der Waals surface area contributed by atoms with Gasteiger partial charge in [-0.15, -0.1) is 0 Å². The molecule has 8 nitrogen and oxygen atoms in total. The van der Waals surface area contributed by atoms with E-state index in [1.807, 2.05) is 14.1 Å². The van der Waals surface area contributed by atoms with Crippen molar-refractivity contribution in [2.24, 2.45) is 5.84 Å². The van der Waals surface area contributed by atoms with Crippen LogP contribution in [0, 0.1) is 0 Å². The van der Waals surface area contributed by atoms with Crippen molar-refractivity contribution in [3.63, 3.8) is 0 Å². The quantitative estimate of drug-likeness (QED) is 0.446. The normalized spacial score (nSPS) is 10.6. The Kier molecular flexibility index (Phi) is 5.53. The van der Waals surface area contributed by atoms with E-state index < -0.39 is 0 Å². The molecule has 0 saturated carbocycles. The zero-order valence-electron chi connectivity index (χ0n) is 11.4. The summed E-state index contributed by atoms with van der Waals surface area (Å²) in [6, 6.07) is 0. The van der Waals surface area contributed by atoms with Crippen LogP contribution in [0.25, 0.3) is 0 Å². The summed E-state index contributed by atoms with van der Waals surface area (Å²) in [6.07, 6.45) is 0. The zero-order valence-corrected chi connectivity index (χ0v) is 11.4. The summed E-state index contributed by atoms with van der Waals surface area (Å²) >= 11 is 0. The topological polar surface area (TPSA) is 95.2 Å². The molecule has 0 fully saturated rings. The first-order valence-electron chi connectivity index (χ1n) is 5.89. The maximum atomic E-state index is 5.33.